The zero-order valence-electron chi connectivity index (χ0n) is 11.7. The largest absolute Gasteiger partial charge is 0.387 e. The van der Waals surface area contributed by atoms with Crippen molar-refractivity contribution in [2.75, 3.05) is 17.7 Å². The van der Waals surface area contributed by atoms with Gasteiger partial charge < -0.3 is 10.6 Å². The number of amides is 1. The van der Waals surface area contributed by atoms with Crippen molar-refractivity contribution in [3.05, 3.63) is 63.5 Å². The molecule has 2 aromatic carbocycles. The van der Waals surface area contributed by atoms with Crippen LogP contribution >= 0.6 is 0 Å². The van der Waals surface area contributed by atoms with Crippen LogP contribution < -0.4 is 10.6 Å². The van der Waals surface area contributed by atoms with Gasteiger partial charge in [0, 0.05) is 24.9 Å². The molecule has 2 N–H and O–H groups in total. The molecule has 120 valence electrons. The van der Waals surface area contributed by atoms with Crippen LogP contribution in [0.5, 0.6) is 0 Å². The van der Waals surface area contributed by atoms with Crippen LogP contribution in [0, 0.1) is 27.6 Å². The number of nitro groups is 1. The molecule has 0 atom stereocenters. The van der Waals surface area contributed by atoms with Gasteiger partial charge >= 0.3 is 0 Å². The molecule has 0 spiro atoms. The van der Waals surface area contributed by atoms with Crippen molar-refractivity contribution in [1.82, 2.24) is 0 Å². The normalized spacial score (nSPS) is 10.3. The van der Waals surface area contributed by atoms with Crippen LogP contribution in [0.3, 0.4) is 0 Å². The van der Waals surface area contributed by atoms with Gasteiger partial charge in [-0.25, -0.2) is 13.2 Å². The summed E-state index contributed by atoms with van der Waals surface area (Å²) in [6, 6.07) is 4.97. The zero-order chi connectivity index (χ0) is 17.1. The lowest BCUT2D eigenvalue weighted by molar-refractivity contribution is -0.384. The Morgan fingerprint density at radius 1 is 1.09 bits per heavy atom. The van der Waals surface area contributed by atoms with Gasteiger partial charge in [0.2, 0.25) is 0 Å². The summed E-state index contributed by atoms with van der Waals surface area (Å²) in [5, 5.41) is 15.5. The third kappa shape index (κ3) is 3.23. The van der Waals surface area contributed by atoms with E-state index < -0.39 is 34.0 Å². The number of rotatable bonds is 4. The Morgan fingerprint density at radius 2 is 1.74 bits per heavy atom. The van der Waals surface area contributed by atoms with Gasteiger partial charge in [-0.05, 0) is 18.2 Å². The molecule has 9 heteroatoms. The first-order valence-electron chi connectivity index (χ1n) is 6.26. The molecule has 2 rings (SSSR count). The van der Waals surface area contributed by atoms with Crippen LogP contribution in [0.2, 0.25) is 0 Å². The second kappa shape index (κ2) is 6.34. The average Bonchev–Trinajstić information content (AvgIpc) is 2.54. The summed E-state index contributed by atoms with van der Waals surface area (Å²) < 4.78 is 39.6. The Morgan fingerprint density at radius 3 is 2.35 bits per heavy atom. The van der Waals surface area contributed by atoms with E-state index in [1.165, 1.54) is 19.2 Å². The molecule has 0 fully saturated rings. The van der Waals surface area contributed by atoms with Gasteiger partial charge in [-0.15, -0.1) is 0 Å². The van der Waals surface area contributed by atoms with E-state index in [2.05, 4.69) is 10.6 Å². The highest BCUT2D eigenvalue weighted by atomic mass is 19.2. The molecule has 0 heterocycles. The van der Waals surface area contributed by atoms with Crippen molar-refractivity contribution in [2.24, 2.45) is 0 Å². The molecule has 0 saturated heterocycles. The molecule has 0 saturated carbocycles. The number of nitro benzene ring substituents is 1. The lowest BCUT2D eigenvalue weighted by atomic mass is 10.1. The highest BCUT2D eigenvalue weighted by Gasteiger charge is 2.19. The van der Waals surface area contributed by atoms with Crippen molar-refractivity contribution in [1.29, 1.82) is 0 Å². The summed E-state index contributed by atoms with van der Waals surface area (Å²) in [5.74, 6) is -5.60. The van der Waals surface area contributed by atoms with E-state index in [9.17, 15) is 28.1 Å². The molecule has 0 aliphatic carbocycles. The predicted octanol–water partition coefficient (Wildman–Crippen LogP) is 3.31. The highest BCUT2D eigenvalue weighted by molar-refractivity contribution is 6.08. The lowest BCUT2D eigenvalue weighted by Crippen LogP contribution is -2.16. The summed E-state index contributed by atoms with van der Waals surface area (Å²) in [6.45, 7) is 0. The van der Waals surface area contributed by atoms with Crippen molar-refractivity contribution >= 4 is 23.0 Å². The number of carbonyl (C=O) groups is 1. The van der Waals surface area contributed by atoms with Crippen LogP contribution in [0.15, 0.2) is 30.3 Å². The van der Waals surface area contributed by atoms with Crippen LogP contribution in [0.4, 0.5) is 30.2 Å². The minimum absolute atomic E-state index is 0.147. The number of hydrogen-bond donors (Lipinski definition) is 2. The van der Waals surface area contributed by atoms with Crippen LogP contribution in [-0.2, 0) is 0 Å². The molecule has 0 aromatic heterocycles. The first kappa shape index (κ1) is 16.3. The topological polar surface area (TPSA) is 84.3 Å². The van der Waals surface area contributed by atoms with Gasteiger partial charge in [0.15, 0.2) is 17.5 Å². The van der Waals surface area contributed by atoms with Gasteiger partial charge in [0.05, 0.1) is 16.2 Å². The fraction of sp³-hybridized carbons (Fsp3) is 0.0714. The number of hydrogen-bond acceptors (Lipinski definition) is 4. The molecular formula is C14H10F3N3O3. The SMILES string of the molecule is CNc1ccc([N+](=O)[O-])cc1C(=O)Nc1ccc(F)c(F)c1F. The van der Waals surface area contributed by atoms with E-state index in [1.54, 1.807) is 0 Å². The van der Waals surface area contributed by atoms with Crippen molar-refractivity contribution in [3.63, 3.8) is 0 Å². The fourth-order valence-electron chi connectivity index (χ4n) is 1.86. The van der Waals surface area contributed by atoms with E-state index in [-0.39, 0.29) is 16.9 Å². The van der Waals surface area contributed by atoms with Gasteiger partial charge in [-0.1, -0.05) is 0 Å². The Labute approximate surface area is 128 Å². The first-order chi connectivity index (χ1) is 10.8. The predicted molar refractivity (Wildman–Crippen MR) is 76.9 cm³/mol. The minimum atomic E-state index is -1.73. The molecule has 0 bridgehead atoms. The second-order valence-corrected chi connectivity index (χ2v) is 4.41. The molecule has 6 nitrogen and oxygen atoms in total. The summed E-state index contributed by atoms with van der Waals surface area (Å²) >= 11 is 0. The van der Waals surface area contributed by atoms with E-state index in [1.807, 2.05) is 0 Å². The molecule has 23 heavy (non-hydrogen) atoms. The molecule has 1 amide bonds. The minimum Gasteiger partial charge on any atom is -0.387 e. The Kier molecular flexibility index (Phi) is 4.49. The van der Waals surface area contributed by atoms with Gasteiger partial charge in [0.25, 0.3) is 11.6 Å². The van der Waals surface area contributed by atoms with E-state index in [0.717, 1.165) is 12.1 Å². The van der Waals surface area contributed by atoms with Crippen LogP contribution in [0.1, 0.15) is 10.4 Å². The summed E-state index contributed by atoms with van der Waals surface area (Å²) in [6.07, 6.45) is 0. The molecule has 0 unspecified atom stereocenters. The Balaban J connectivity index is 2.39. The summed E-state index contributed by atoms with van der Waals surface area (Å²) in [7, 11) is 1.48. The number of nitrogens with one attached hydrogen (secondary N) is 2. The highest BCUT2D eigenvalue weighted by Crippen LogP contribution is 2.25. The zero-order valence-corrected chi connectivity index (χ0v) is 11.7. The number of non-ortho nitro benzene ring substituents is 1. The average molecular weight is 325 g/mol. The number of anilines is 2. The number of halogens is 3. The maximum absolute atomic E-state index is 13.6. The van der Waals surface area contributed by atoms with Crippen LogP contribution in [0.25, 0.3) is 0 Å². The smallest absolute Gasteiger partial charge is 0.270 e. The standard InChI is InChI=1S/C14H10F3N3O3/c1-18-10-4-2-7(20(22)23)6-8(10)14(21)19-11-5-3-9(15)12(16)13(11)17/h2-6,18H,1H3,(H,19,21). The van der Waals surface area contributed by atoms with Crippen molar-refractivity contribution < 1.29 is 22.9 Å². The maximum Gasteiger partial charge on any atom is 0.270 e. The first-order valence-corrected chi connectivity index (χ1v) is 6.26. The number of benzene rings is 2. The monoisotopic (exact) mass is 325 g/mol. The van der Waals surface area contributed by atoms with E-state index >= 15 is 0 Å². The number of carbonyl (C=O) groups excluding carboxylic acids is 1. The third-order valence-electron chi connectivity index (χ3n) is 3.01. The number of nitrogens with zero attached hydrogens (tertiary/aromatic N) is 1. The fourth-order valence-corrected chi connectivity index (χ4v) is 1.86. The van der Waals surface area contributed by atoms with E-state index in [4.69, 9.17) is 0 Å². The third-order valence-corrected chi connectivity index (χ3v) is 3.01. The lowest BCUT2D eigenvalue weighted by Gasteiger charge is -2.11. The van der Waals surface area contributed by atoms with Gasteiger partial charge in [0.1, 0.15) is 0 Å². The van der Waals surface area contributed by atoms with E-state index in [0.29, 0.717) is 6.07 Å². The van der Waals surface area contributed by atoms with Crippen LogP contribution in [-0.4, -0.2) is 17.9 Å². The van der Waals surface area contributed by atoms with Gasteiger partial charge in [-0.3, -0.25) is 14.9 Å². The maximum atomic E-state index is 13.6. The van der Waals surface area contributed by atoms with Crippen molar-refractivity contribution in [2.45, 2.75) is 0 Å². The molecule has 0 radical (unpaired) electrons. The Bertz CT molecular complexity index is 796. The second-order valence-electron chi connectivity index (χ2n) is 4.41. The molecule has 0 aliphatic heterocycles. The molecule has 2 aromatic rings. The Hall–Kier alpha value is -3.10. The quantitative estimate of drug-likeness (QED) is 0.513. The molecule has 0 aliphatic rings. The van der Waals surface area contributed by atoms with Gasteiger partial charge in [-0.2, -0.15) is 0 Å². The van der Waals surface area contributed by atoms with Crippen molar-refractivity contribution in [3.8, 4) is 0 Å². The molecular weight excluding hydrogens is 315 g/mol. The summed E-state index contributed by atoms with van der Waals surface area (Å²) in [4.78, 5) is 22.2. The summed E-state index contributed by atoms with van der Waals surface area (Å²) in [5.41, 5.74) is -0.829.